The molecule has 0 fully saturated rings. The van der Waals surface area contributed by atoms with Gasteiger partial charge in [0.1, 0.15) is 0 Å². The molecule has 0 atom stereocenters. The van der Waals surface area contributed by atoms with Crippen molar-refractivity contribution < 1.29 is 9.53 Å². The highest BCUT2D eigenvalue weighted by atomic mass is 16.5. The van der Waals surface area contributed by atoms with Crippen LogP contribution in [0.5, 0.6) is 0 Å². The summed E-state index contributed by atoms with van der Waals surface area (Å²) in [5.41, 5.74) is 2.47. The number of benzene rings is 1. The second kappa shape index (κ2) is 7.85. The Labute approximate surface area is 91.5 Å². The number of rotatable bonds is 3. The first kappa shape index (κ1) is 13.5. The van der Waals surface area contributed by atoms with E-state index in [1.165, 1.54) is 11.3 Å². The molecule has 1 aromatic rings. The van der Waals surface area contributed by atoms with Crippen LogP contribution in [-0.2, 0) is 9.53 Å². The molecule has 0 spiro atoms. The van der Waals surface area contributed by atoms with E-state index in [1.807, 2.05) is 7.05 Å². The van der Waals surface area contributed by atoms with Gasteiger partial charge in [0.25, 0.3) is 6.47 Å². The first-order chi connectivity index (χ1) is 7.10. The zero-order valence-corrected chi connectivity index (χ0v) is 9.78. The maximum absolute atomic E-state index is 9.39. The second-order valence-electron chi connectivity index (χ2n) is 3.40. The summed E-state index contributed by atoms with van der Waals surface area (Å²) in [6, 6.07) is 8.31. The smallest absolute Gasteiger partial charge is 0.293 e. The maximum Gasteiger partial charge on any atom is 0.293 e. The van der Waals surface area contributed by atoms with Crippen LogP contribution in [0.2, 0.25) is 0 Å². The number of carbonyl (C=O) groups excluding carboxylic acids is 1. The van der Waals surface area contributed by atoms with E-state index in [2.05, 4.69) is 41.2 Å². The van der Waals surface area contributed by atoms with Gasteiger partial charge in [-0.15, -0.1) is 0 Å². The van der Waals surface area contributed by atoms with Gasteiger partial charge in [0, 0.05) is 12.7 Å². The zero-order chi connectivity index (χ0) is 11.7. The highest BCUT2D eigenvalue weighted by Crippen LogP contribution is 2.06. The van der Waals surface area contributed by atoms with E-state index in [4.69, 9.17) is 0 Å². The highest BCUT2D eigenvalue weighted by molar-refractivity contribution is 5.43. The number of hydrogen-bond acceptors (Lipinski definition) is 3. The number of nitrogens with one attached hydrogen (secondary N) is 1. The van der Waals surface area contributed by atoms with E-state index >= 15 is 0 Å². The summed E-state index contributed by atoms with van der Waals surface area (Å²) < 4.78 is 4.36. The summed E-state index contributed by atoms with van der Waals surface area (Å²) in [6.45, 7) is 6.13. The normalized spacial score (nSPS) is 8.87. The van der Waals surface area contributed by atoms with Gasteiger partial charge < -0.3 is 10.1 Å². The topological polar surface area (TPSA) is 38.3 Å². The van der Waals surface area contributed by atoms with Crippen molar-refractivity contribution >= 4 is 12.2 Å². The van der Waals surface area contributed by atoms with Crippen LogP contribution in [0.1, 0.15) is 19.4 Å². The Morgan fingerprint density at radius 2 is 1.80 bits per heavy atom. The molecule has 3 heteroatoms. The Morgan fingerprint density at radius 1 is 1.27 bits per heavy atom. The molecule has 0 aliphatic heterocycles. The third-order valence-electron chi connectivity index (χ3n) is 1.67. The number of aryl methyl sites for hydroxylation is 1. The molecule has 0 aromatic heterocycles. The molecule has 1 N–H and O–H groups in total. The summed E-state index contributed by atoms with van der Waals surface area (Å²) in [7, 11) is 1.92. The lowest BCUT2D eigenvalue weighted by molar-refractivity contribution is -0.131. The first-order valence-electron chi connectivity index (χ1n) is 4.93. The van der Waals surface area contributed by atoms with Gasteiger partial charge in [0.05, 0.1) is 6.10 Å². The fourth-order valence-electron chi connectivity index (χ4n) is 0.831. The molecule has 15 heavy (non-hydrogen) atoms. The van der Waals surface area contributed by atoms with Crippen molar-refractivity contribution in [3.8, 4) is 0 Å². The number of anilines is 1. The van der Waals surface area contributed by atoms with Crippen LogP contribution in [0.3, 0.4) is 0 Å². The van der Waals surface area contributed by atoms with Crippen LogP contribution in [0.15, 0.2) is 24.3 Å². The number of hydrogen-bond donors (Lipinski definition) is 1. The van der Waals surface area contributed by atoms with Gasteiger partial charge >= 0.3 is 0 Å². The minimum absolute atomic E-state index is 0.0301. The van der Waals surface area contributed by atoms with E-state index in [0.717, 1.165) is 0 Å². The summed E-state index contributed by atoms with van der Waals surface area (Å²) >= 11 is 0. The van der Waals surface area contributed by atoms with Gasteiger partial charge in [-0.25, -0.2) is 0 Å². The van der Waals surface area contributed by atoms with Crippen LogP contribution in [0.25, 0.3) is 0 Å². The van der Waals surface area contributed by atoms with Crippen molar-refractivity contribution in [3.05, 3.63) is 29.8 Å². The SMILES string of the molecule is CC(C)OC=O.CNc1ccc(C)cc1. The Kier molecular flexibility index (Phi) is 7.06. The monoisotopic (exact) mass is 209 g/mol. The minimum atomic E-state index is 0.0301. The molecule has 0 radical (unpaired) electrons. The molecule has 0 bridgehead atoms. The van der Waals surface area contributed by atoms with Crippen LogP contribution >= 0.6 is 0 Å². The Balaban J connectivity index is 0.000000288. The van der Waals surface area contributed by atoms with Gasteiger partial charge in [-0.1, -0.05) is 17.7 Å². The molecule has 0 amide bonds. The van der Waals surface area contributed by atoms with Crippen molar-refractivity contribution in [3.63, 3.8) is 0 Å². The highest BCUT2D eigenvalue weighted by Gasteiger charge is 1.84. The quantitative estimate of drug-likeness (QED) is 0.778. The van der Waals surface area contributed by atoms with Crippen molar-refractivity contribution in [2.75, 3.05) is 12.4 Å². The summed E-state index contributed by atoms with van der Waals surface area (Å²) in [5.74, 6) is 0. The summed E-state index contributed by atoms with van der Waals surface area (Å²) in [4.78, 5) is 9.39. The first-order valence-corrected chi connectivity index (χ1v) is 4.93. The van der Waals surface area contributed by atoms with E-state index in [0.29, 0.717) is 6.47 Å². The average molecular weight is 209 g/mol. The molecule has 84 valence electrons. The molecule has 1 rings (SSSR count). The van der Waals surface area contributed by atoms with Gasteiger partial charge in [-0.3, -0.25) is 4.79 Å². The van der Waals surface area contributed by atoms with Gasteiger partial charge in [0.2, 0.25) is 0 Å². The van der Waals surface area contributed by atoms with Gasteiger partial charge in [-0.2, -0.15) is 0 Å². The average Bonchev–Trinajstić information content (AvgIpc) is 2.20. The van der Waals surface area contributed by atoms with Gasteiger partial charge in [0.15, 0.2) is 0 Å². The number of carbonyl (C=O) groups is 1. The predicted molar refractivity (Wildman–Crippen MR) is 63.0 cm³/mol. The Hall–Kier alpha value is -1.51. The van der Waals surface area contributed by atoms with Crippen LogP contribution in [0, 0.1) is 6.92 Å². The largest absolute Gasteiger partial charge is 0.465 e. The van der Waals surface area contributed by atoms with E-state index in [-0.39, 0.29) is 6.10 Å². The predicted octanol–water partition coefficient (Wildman–Crippen LogP) is 2.60. The Bertz CT molecular complexity index is 267. The third kappa shape index (κ3) is 7.55. The molecule has 0 heterocycles. The molecule has 3 nitrogen and oxygen atoms in total. The molecule has 0 aliphatic carbocycles. The van der Waals surface area contributed by atoms with Crippen molar-refractivity contribution in [2.24, 2.45) is 0 Å². The molecule has 0 saturated carbocycles. The minimum Gasteiger partial charge on any atom is -0.465 e. The van der Waals surface area contributed by atoms with Crippen LogP contribution < -0.4 is 5.32 Å². The van der Waals surface area contributed by atoms with Crippen molar-refractivity contribution in [1.82, 2.24) is 0 Å². The van der Waals surface area contributed by atoms with Crippen molar-refractivity contribution in [2.45, 2.75) is 26.9 Å². The molecule has 0 saturated heterocycles. The molecular weight excluding hydrogens is 190 g/mol. The summed E-state index contributed by atoms with van der Waals surface area (Å²) in [5, 5.41) is 3.05. The fourth-order valence-corrected chi connectivity index (χ4v) is 0.831. The molecule has 0 aliphatic rings. The van der Waals surface area contributed by atoms with Crippen molar-refractivity contribution in [1.29, 1.82) is 0 Å². The lowest BCUT2D eigenvalue weighted by Gasteiger charge is -1.97. The van der Waals surface area contributed by atoms with Gasteiger partial charge in [-0.05, 0) is 32.9 Å². The molecule has 1 aromatic carbocycles. The molecular formula is C12H19NO2. The standard InChI is InChI=1S/C8H11N.C4H8O2/c1-7-3-5-8(9-2)6-4-7;1-4(2)6-3-5/h3-6,9H,1-2H3;3-4H,1-2H3. The summed E-state index contributed by atoms with van der Waals surface area (Å²) in [6.07, 6.45) is 0.0301. The lowest BCUT2D eigenvalue weighted by Crippen LogP contribution is -1.98. The number of ether oxygens (including phenoxy) is 1. The van der Waals surface area contributed by atoms with Crippen LogP contribution in [-0.4, -0.2) is 19.6 Å². The van der Waals surface area contributed by atoms with Crippen LogP contribution in [0.4, 0.5) is 5.69 Å². The zero-order valence-electron chi connectivity index (χ0n) is 9.78. The second-order valence-corrected chi connectivity index (χ2v) is 3.40. The maximum atomic E-state index is 9.39. The fraction of sp³-hybridized carbons (Fsp3) is 0.417. The Morgan fingerprint density at radius 3 is 2.07 bits per heavy atom. The van der Waals surface area contributed by atoms with E-state index < -0.39 is 0 Å². The lowest BCUT2D eigenvalue weighted by atomic mass is 10.2. The van der Waals surface area contributed by atoms with E-state index in [1.54, 1.807) is 13.8 Å². The third-order valence-corrected chi connectivity index (χ3v) is 1.67. The van der Waals surface area contributed by atoms with E-state index in [9.17, 15) is 4.79 Å². The molecule has 0 unspecified atom stereocenters.